The second-order valence-corrected chi connectivity index (χ2v) is 2.62. The maximum absolute atomic E-state index is 12.8. The van der Waals surface area contributed by atoms with E-state index in [9.17, 15) is 18.0 Å². The van der Waals surface area contributed by atoms with Crippen molar-refractivity contribution in [2.75, 3.05) is 7.05 Å². The molecule has 5 heteroatoms. The first-order chi connectivity index (χ1) is 6.56. The van der Waals surface area contributed by atoms with Gasteiger partial charge in [0.1, 0.15) is 5.82 Å². The molecule has 0 unspecified atom stereocenters. The molecular weight excluding hydrogens is 195 g/mol. The van der Waals surface area contributed by atoms with E-state index in [2.05, 4.69) is 5.32 Å². The molecule has 0 fully saturated rings. The third kappa shape index (κ3) is 2.04. The number of nitrogens with one attached hydrogen (secondary N) is 1. The van der Waals surface area contributed by atoms with Crippen molar-refractivity contribution >= 4 is 5.91 Å². The van der Waals surface area contributed by atoms with Gasteiger partial charge in [-0.15, -0.1) is 0 Å². The van der Waals surface area contributed by atoms with Crippen LogP contribution in [0.2, 0.25) is 0 Å². The van der Waals surface area contributed by atoms with Gasteiger partial charge >= 0.3 is 0 Å². The minimum absolute atomic E-state index is 0.0178. The summed E-state index contributed by atoms with van der Waals surface area (Å²) in [6.07, 6.45) is -2.92. The van der Waals surface area contributed by atoms with Crippen LogP contribution in [0.3, 0.4) is 0 Å². The Morgan fingerprint density at radius 1 is 1.43 bits per heavy atom. The predicted octanol–water partition coefficient (Wildman–Crippen LogP) is 2.12. The van der Waals surface area contributed by atoms with Gasteiger partial charge in [0, 0.05) is 12.6 Å². The number of alkyl halides is 2. The molecule has 0 atom stereocenters. The number of hydrogen-bond donors (Lipinski definition) is 1. The molecule has 0 aliphatic rings. The number of rotatable bonds is 2. The molecule has 1 aromatic carbocycles. The van der Waals surface area contributed by atoms with Gasteiger partial charge in [0.05, 0.1) is 5.56 Å². The molecule has 0 spiro atoms. The van der Waals surface area contributed by atoms with E-state index in [1.54, 1.807) is 0 Å². The van der Waals surface area contributed by atoms with Gasteiger partial charge < -0.3 is 5.32 Å². The van der Waals surface area contributed by atoms with Crippen LogP contribution in [-0.2, 0) is 0 Å². The van der Waals surface area contributed by atoms with E-state index < -0.39 is 23.7 Å². The summed E-state index contributed by atoms with van der Waals surface area (Å²) in [6, 6.07) is 2.85. The number of hydrogen-bond acceptors (Lipinski definition) is 1. The minimum Gasteiger partial charge on any atom is -0.355 e. The largest absolute Gasteiger partial charge is 0.355 e. The second kappa shape index (κ2) is 4.13. The fraction of sp³-hybridized carbons (Fsp3) is 0.222. The fourth-order valence-electron chi connectivity index (χ4n) is 0.997. The molecule has 1 rings (SSSR count). The fourth-order valence-corrected chi connectivity index (χ4v) is 0.997. The van der Waals surface area contributed by atoms with E-state index in [0.717, 1.165) is 18.2 Å². The van der Waals surface area contributed by atoms with Crippen molar-refractivity contribution in [2.24, 2.45) is 0 Å². The Balaban J connectivity index is 3.13. The van der Waals surface area contributed by atoms with Crippen LogP contribution in [0.25, 0.3) is 0 Å². The zero-order valence-electron chi connectivity index (χ0n) is 7.35. The number of carbonyl (C=O) groups is 1. The Morgan fingerprint density at radius 3 is 2.57 bits per heavy atom. The monoisotopic (exact) mass is 203 g/mol. The van der Waals surface area contributed by atoms with Crippen molar-refractivity contribution < 1.29 is 18.0 Å². The van der Waals surface area contributed by atoms with Crippen LogP contribution in [0.15, 0.2) is 18.2 Å². The second-order valence-electron chi connectivity index (χ2n) is 2.62. The molecule has 0 saturated heterocycles. The highest BCUT2D eigenvalue weighted by molar-refractivity contribution is 5.94. The molecule has 1 aromatic rings. The number of amides is 1. The minimum atomic E-state index is -2.92. The standard InChI is InChI=1S/C9H8F3NO/c1-13-9(14)5-2-3-7(10)6(4-5)8(11)12/h2-4,8H,1H3,(H,13,14). The number of carbonyl (C=O) groups excluding carboxylic acids is 1. The first-order valence-electron chi connectivity index (χ1n) is 3.86. The Morgan fingerprint density at radius 2 is 2.07 bits per heavy atom. The van der Waals surface area contributed by atoms with E-state index in [1.807, 2.05) is 0 Å². The quantitative estimate of drug-likeness (QED) is 0.783. The molecule has 0 aliphatic carbocycles. The first kappa shape index (κ1) is 10.6. The van der Waals surface area contributed by atoms with Crippen molar-refractivity contribution in [1.82, 2.24) is 5.32 Å². The van der Waals surface area contributed by atoms with E-state index in [4.69, 9.17) is 0 Å². The Bertz CT molecular complexity index is 352. The zero-order chi connectivity index (χ0) is 10.7. The van der Waals surface area contributed by atoms with Gasteiger partial charge in [-0.05, 0) is 18.2 Å². The van der Waals surface area contributed by atoms with Crippen molar-refractivity contribution in [3.05, 3.63) is 35.1 Å². The summed E-state index contributed by atoms with van der Waals surface area (Å²) in [6.45, 7) is 0. The van der Waals surface area contributed by atoms with Crippen molar-refractivity contribution in [3.8, 4) is 0 Å². The Kier molecular flexibility index (Phi) is 3.11. The topological polar surface area (TPSA) is 29.1 Å². The van der Waals surface area contributed by atoms with E-state index in [0.29, 0.717) is 0 Å². The lowest BCUT2D eigenvalue weighted by Gasteiger charge is -2.04. The summed E-state index contributed by atoms with van der Waals surface area (Å²) in [7, 11) is 1.37. The van der Waals surface area contributed by atoms with Crippen LogP contribution < -0.4 is 5.32 Å². The van der Waals surface area contributed by atoms with Crippen molar-refractivity contribution in [1.29, 1.82) is 0 Å². The number of halogens is 3. The van der Waals surface area contributed by atoms with Crippen LogP contribution in [-0.4, -0.2) is 13.0 Å². The van der Waals surface area contributed by atoms with E-state index in [1.165, 1.54) is 7.05 Å². The average molecular weight is 203 g/mol. The van der Waals surface area contributed by atoms with Crippen LogP contribution >= 0.6 is 0 Å². The maximum Gasteiger partial charge on any atom is 0.266 e. The molecule has 0 radical (unpaired) electrons. The Labute approximate surface area is 78.7 Å². The maximum atomic E-state index is 12.8. The van der Waals surface area contributed by atoms with Gasteiger partial charge in [-0.25, -0.2) is 13.2 Å². The summed E-state index contributed by atoms with van der Waals surface area (Å²) in [5, 5.41) is 2.26. The highest BCUT2D eigenvalue weighted by Crippen LogP contribution is 2.22. The van der Waals surface area contributed by atoms with Crippen molar-refractivity contribution in [2.45, 2.75) is 6.43 Å². The van der Waals surface area contributed by atoms with Gasteiger partial charge in [0.25, 0.3) is 12.3 Å². The lowest BCUT2D eigenvalue weighted by atomic mass is 10.1. The SMILES string of the molecule is CNC(=O)c1ccc(F)c(C(F)F)c1. The van der Waals surface area contributed by atoms with Crippen LogP contribution in [0.5, 0.6) is 0 Å². The lowest BCUT2D eigenvalue weighted by Crippen LogP contribution is -2.18. The van der Waals surface area contributed by atoms with Crippen LogP contribution in [0, 0.1) is 5.82 Å². The lowest BCUT2D eigenvalue weighted by molar-refractivity contribution is 0.0962. The average Bonchev–Trinajstić information content (AvgIpc) is 2.17. The zero-order valence-corrected chi connectivity index (χ0v) is 7.35. The van der Waals surface area contributed by atoms with Gasteiger partial charge in [-0.1, -0.05) is 0 Å². The predicted molar refractivity (Wildman–Crippen MR) is 44.7 cm³/mol. The smallest absolute Gasteiger partial charge is 0.266 e. The molecule has 1 amide bonds. The van der Waals surface area contributed by atoms with E-state index >= 15 is 0 Å². The van der Waals surface area contributed by atoms with Crippen LogP contribution in [0.4, 0.5) is 13.2 Å². The van der Waals surface area contributed by atoms with Gasteiger partial charge in [0.15, 0.2) is 0 Å². The summed E-state index contributed by atoms with van der Waals surface area (Å²) in [5.41, 5.74) is -0.740. The van der Waals surface area contributed by atoms with E-state index in [-0.39, 0.29) is 5.56 Å². The molecular formula is C9H8F3NO. The summed E-state index contributed by atoms with van der Waals surface area (Å²) < 4.78 is 37.2. The van der Waals surface area contributed by atoms with Crippen LogP contribution in [0.1, 0.15) is 22.3 Å². The molecule has 0 heterocycles. The highest BCUT2D eigenvalue weighted by atomic mass is 19.3. The van der Waals surface area contributed by atoms with Gasteiger partial charge in [-0.3, -0.25) is 4.79 Å². The third-order valence-corrected chi connectivity index (χ3v) is 1.72. The molecule has 76 valence electrons. The molecule has 0 bridgehead atoms. The van der Waals surface area contributed by atoms with Crippen molar-refractivity contribution in [3.63, 3.8) is 0 Å². The van der Waals surface area contributed by atoms with Gasteiger partial charge in [0.2, 0.25) is 0 Å². The molecule has 0 aliphatic heterocycles. The molecule has 0 saturated carbocycles. The molecule has 2 nitrogen and oxygen atoms in total. The molecule has 14 heavy (non-hydrogen) atoms. The highest BCUT2D eigenvalue weighted by Gasteiger charge is 2.15. The summed E-state index contributed by atoms with van der Waals surface area (Å²) in [4.78, 5) is 11.0. The molecule has 1 N–H and O–H groups in total. The summed E-state index contributed by atoms with van der Waals surface area (Å²) in [5.74, 6) is -1.53. The van der Waals surface area contributed by atoms with Gasteiger partial charge in [-0.2, -0.15) is 0 Å². The first-order valence-corrected chi connectivity index (χ1v) is 3.86. The Hall–Kier alpha value is -1.52. The number of benzene rings is 1. The third-order valence-electron chi connectivity index (χ3n) is 1.72. The summed E-state index contributed by atoms with van der Waals surface area (Å²) >= 11 is 0. The molecule has 0 aromatic heterocycles. The normalized spacial score (nSPS) is 10.4.